The van der Waals surface area contributed by atoms with Gasteiger partial charge in [0.2, 0.25) is 0 Å². The van der Waals surface area contributed by atoms with Crippen LogP contribution in [0.3, 0.4) is 0 Å². The molecule has 0 aromatic heterocycles. The minimum atomic E-state index is -0.944. The highest BCUT2D eigenvalue weighted by atomic mass is 16.6. The molecule has 0 bridgehead atoms. The van der Waals surface area contributed by atoms with Crippen molar-refractivity contribution in [1.82, 2.24) is 0 Å². The smallest absolute Gasteiger partial charge is 0.292 e. The highest BCUT2D eigenvalue weighted by Crippen LogP contribution is 2.29. The van der Waals surface area contributed by atoms with Crippen LogP contribution in [-0.2, 0) is 0 Å². The first kappa shape index (κ1) is 14.4. The van der Waals surface area contributed by atoms with Gasteiger partial charge in [0.05, 0.1) is 23.7 Å². The van der Waals surface area contributed by atoms with Gasteiger partial charge in [-0.15, -0.1) is 0 Å². The topological polar surface area (TPSA) is 95.6 Å². The van der Waals surface area contributed by atoms with Crippen molar-refractivity contribution in [3.05, 3.63) is 33.9 Å². The van der Waals surface area contributed by atoms with Gasteiger partial charge in [0.1, 0.15) is 5.69 Å². The Labute approximate surface area is 105 Å². The van der Waals surface area contributed by atoms with Crippen molar-refractivity contribution in [2.45, 2.75) is 25.8 Å². The Bertz CT molecular complexity index is 422. The monoisotopic (exact) mass is 254 g/mol. The number of hydrogen-bond acceptors (Lipinski definition) is 5. The number of nitro benzene ring substituents is 1. The van der Waals surface area contributed by atoms with E-state index in [0.29, 0.717) is 12.1 Å². The van der Waals surface area contributed by atoms with E-state index in [1.165, 1.54) is 6.07 Å². The van der Waals surface area contributed by atoms with Crippen molar-refractivity contribution >= 4 is 11.4 Å². The van der Waals surface area contributed by atoms with Crippen LogP contribution in [0, 0.1) is 17.0 Å². The average molecular weight is 254 g/mol. The molecule has 0 fully saturated rings. The zero-order valence-corrected chi connectivity index (χ0v) is 10.5. The Morgan fingerprint density at radius 1 is 1.39 bits per heavy atom. The van der Waals surface area contributed by atoms with Gasteiger partial charge in [0.25, 0.3) is 5.69 Å². The second kappa shape index (κ2) is 5.79. The number of nitro groups is 1. The molecular weight excluding hydrogens is 236 g/mol. The number of benzene rings is 1. The molecule has 0 aliphatic heterocycles. The molecule has 0 spiro atoms. The first-order chi connectivity index (χ1) is 8.48. The minimum absolute atomic E-state index is 0.0604. The molecule has 0 amide bonds. The van der Waals surface area contributed by atoms with Gasteiger partial charge < -0.3 is 15.5 Å². The molecule has 0 aliphatic carbocycles. The normalized spacial score (nSPS) is 11.3. The van der Waals surface area contributed by atoms with E-state index < -0.39 is 10.5 Å². The summed E-state index contributed by atoms with van der Waals surface area (Å²) in [7, 11) is 0. The van der Waals surface area contributed by atoms with Gasteiger partial charge in [0, 0.05) is 6.07 Å². The highest BCUT2D eigenvalue weighted by molar-refractivity contribution is 5.63. The van der Waals surface area contributed by atoms with Gasteiger partial charge in [-0.2, -0.15) is 0 Å². The Morgan fingerprint density at radius 3 is 2.44 bits per heavy atom. The van der Waals surface area contributed by atoms with Gasteiger partial charge in [-0.1, -0.05) is 13.0 Å². The predicted molar refractivity (Wildman–Crippen MR) is 68.6 cm³/mol. The van der Waals surface area contributed by atoms with Crippen LogP contribution in [0.1, 0.15) is 18.9 Å². The molecule has 18 heavy (non-hydrogen) atoms. The van der Waals surface area contributed by atoms with Crippen molar-refractivity contribution in [3.8, 4) is 0 Å². The van der Waals surface area contributed by atoms with Gasteiger partial charge in [-0.3, -0.25) is 10.1 Å². The van der Waals surface area contributed by atoms with E-state index in [1.54, 1.807) is 26.0 Å². The number of nitrogens with one attached hydrogen (secondary N) is 1. The summed E-state index contributed by atoms with van der Waals surface area (Å²) in [5, 5.41) is 32.5. The number of hydrogen-bond donors (Lipinski definition) is 3. The van der Waals surface area contributed by atoms with Crippen LogP contribution >= 0.6 is 0 Å². The maximum Gasteiger partial charge on any atom is 0.292 e. The number of nitrogens with zero attached hydrogens (tertiary/aromatic N) is 1. The fourth-order valence-corrected chi connectivity index (χ4v) is 1.63. The number of aliphatic hydroxyl groups is 2. The quantitative estimate of drug-likeness (QED) is 0.527. The standard InChI is InChI=1S/C12H18N2O4/c1-3-12(7-15,8-16)13-10-5-4-9(2)6-11(10)14(17)18/h4-6,13,15-16H,3,7-8H2,1-2H3. The molecule has 0 aliphatic rings. The van der Waals surface area contributed by atoms with Crippen LogP contribution in [0.5, 0.6) is 0 Å². The summed E-state index contributed by atoms with van der Waals surface area (Å²) in [4.78, 5) is 10.5. The molecule has 6 heteroatoms. The molecule has 0 atom stereocenters. The Kier molecular flexibility index (Phi) is 4.63. The number of aryl methyl sites for hydroxylation is 1. The Morgan fingerprint density at radius 2 is 2.00 bits per heavy atom. The van der Waals surface area contributed by atoms with Crippen LogP contribution in [0.2, 0.25) is 0 Å². The first-order valence-corrected chi connectivity index (χ1v) is 5.73. The fourth-order valence-electron chi connectivity index (χ4n) is 1.63. The maximum absolute atomic E-state index is 11.0. The van der Waals surface area contributed by atoms with Crippen LogP contribution in [-0.4, -0.2) is 33.9 Å². The van der Waals surface area contributed by atoms with E-state index in [2.05, 4.69) is 5.32 Å². The largest absolute Gasteiger partial charge is 0.394 e. The van der Waals surface area contributed by atoms with Gasteiger partial charge >= 0.3 is 0 Å². The second-order valence-electron chi connectivity index (χ2n) is 4.35. The van der Waals surface area contributed by atoms with Crippen LogP contribution in [0.4, 0.5) is 11.4 Å². The van der Waals surface area contributed by atoms with Crippen LogP contribution < -0.4 is 5.32 Å². The molecule has 1 aromatic rings. The molecular formula is C12H18N2O4. The van der Waals surface area contributed by atoms with Crippen molar-refractivity contribution in [1.29, 1.82) is 0 Å². The van der Waals surface area contributed by atoms with E-state index in [9.17, 15) is 20.3 Å². The maximum atomic E-state index is 11.0. The molecule has 100 valence electrons. The van der Waals surface area contributed by atoms with E-state index in [1.807, 2.05) is 0 Å². The number of anilines is 1. The van der Waals surface area contributed by atoms with E-state index in [-0.39, 0.29) is 18.9 Å². The first-order valence-electron chi connectivity index (χ1n) is 5.73. The van der Waals surface area contributed by atoms with Gasteiger partial charge in [0.15, 0.2) is 0 Å². The third kappa shape index (κ3) is 2.96. The zero-order valence-electron chi connectivity index (χ0n) is 10.5. The van der Waals surface area contributed by atoms with Gasteiger partial charge in [-0.05, 0) is 25.0 Å². The lowest BCUT2D eigenvalue weighted by molar-refractivity contribution is -0.384. The summed E-state index contributed by atoms with van der Waals surface area (Å²) in [6.45, 7) is 2.96. The van der Waals surface area contributed by atoms with Crippen LogP contribution in [0.25, 0.3) is 0 Å². The Hall–Kier alpha value is -1.66. The lowest BCUT2D eigenvalue weighted by Gasteiger charge is -2.30. The molecule has 6 nitrogen and oxygen atoms in total. The third-order valence-electron chi connectivity index (χ3n) is 3.03. The van der Waals surface area contributed by atoms with Crippen molar-refractivity contribution in [2.75, 3.05) is 18.5 Å². The van der Waals surface area contributed by atoms with Gasteiger partial charge in [-0.25, -0.2) is 0 Å². The molecule has 0 saturated carbocycles. The second-order valence-corrected chi connectivity index (χ2v) is 4.35. The zero-order chi connectivity index (χ0) is 13.8. The minimum Gasteiger partial charge on any atom is -0.394 e. The average Bonchev–Trinajstić information content (AvgIpc) is 2.37. The van der Waals surface area contributed by atoms with Crippen molar-refractivity contribution < 1.29 is 15.1 Å². The summed E-state index contributed by atoms with van der Waals surface area (Å²) in [5.41, 5.74) is 0.0765. The molecule has 1 rings (SSSR count). The summed E-state index contributed by atoms with van der Waals surface area (Å²) < 4.78 is 0. The molecule has 0 saturated heterocycles. The fraction of sp³-hybridized carbons (Fsp3) is 0.500. The summed E-state index contributed by atoms with van der Waals surface area (Å²) in [5.74, 6) is 0. The SMILES string of the molecule is CCC(CO)(CO)Nc1ccc(C)cc1[N+](=O)[O-]. The Balaban J connectivity index is 3.13. The van der Waals surface area contributed by atoms with Crippen LogP contribution in [0.15, 0.2) is 18.2 Å². The highest BCUT2D eigenvalue weighted by Gasteiger charge is 2.29. The lowest BCUT2D eigenvalue weighted by atomic mass is 9.97. The molecule has 0 unspecified atom stereocenters. The number of rotatable bonds is 6. The van der Waals surface area contributed by atoms with E-state index >= 15 is 0 Å². The molecule has 0 radical (unpaired) electrons. The molecule has 3 N–H and O–H groups in total. The lowest BCUT2D eigenvalue weighted by Crippen LogP contribution is -2.45. The summed E-state index contributed by atoms with van der Waals surface area (Å²) in [6, 6.07) is 4.78. The third-order valence-corrected chi connectivity index (χ3v) is 3.03. The molecule has 1 aromatic carbocycles. The van der Waals surface area contributed by atoms with Crippen molar-refractivity contribution in [3.63, 3.8) is 0 Å². The summed E-state index contributed by atoms with van der Waals surface area (Å²) >= 11 is 0. The van der Waals surface area contributed by atoms with Crippen molar-refractivity contribution in [2.24, 2.45) is 0 Å². The van der Waals surface area contributed by atoms with E-state index in [4.69, 9.17) is 0 Å². The molecule has 0 heterocycles. The number of aliphatic hydroxyl groups excluding tert-OH is 2. The van der Waals surface area contributed by atoms with E-state index in [0.717, 1.165) is 5.56 Å². The predicted octanol–water partition coefficient (Wildman–Crippen LogP) is 1.45. The summed E-state index contributed by atoms with van der Waals surface area (Å²) in [6.07, 6.45) is 0.449.